The Labute approximate surface area is 216 Å². The second-order valence-corrected chi connectivity index (χ2v) is 9.90. The molecule has 1 aliphatic rings. The lowest BCUT2D eigenvalue weighted by Crippen LogP contribution is -2.40. The van der Waals surface area contributed by atoms with Gasteiger partial charge in [0.05, 0.1) is 11.6 Å². The molecular formula is C28H25F3N2O3S. The minimum absolute atomic E-state index is 0.0347. The zero-order valence-corrected chi connectivity index (χ0v) is 20.6. The molecule has 4 aromatic rings. The SMILES string of the molecule is O=C(NCc1cccc(COc2ccc(C(F)(F)F)cc2)c1)C1CCCN1Sc1cc2ccccc2o1. The monoisotopic (exact) mass is 526 g/mol. The van der Waals surface area contributed by atoms with Crippen molar-refractivity contribution in [2.24, 2.45) is 0 Å². The van der Waals surface area contributed by atoms with Crippen molar-refractivity contribution in [3.05, 3.63) is 95.6 Å². The molecule has 1 N–H and O–H groups in total. The molecule has 1 amide bonds. The van der Waals surface area contributed by atoms with Gasteiger partial charge in [-0.2, -0.15) is 13.2 Å². The third-order valence-corrected chi connectivity index (χ3v) is 7.21. The Morgan fingerprint density at radius 1 is 1.03 bits per heavy atom. The van der Waals surface area contributed by atoms with E-state index in [-0.39, 0.29) is 18.6 Å². The first-order valence-electron chi connectivity index (χ1n) is 11.9. The highest BCUT2D eigenvalue weighted by atomic mass is 32.2. The van der Waals surface area contributed by atoms with Gasteiger partial charge in [0.1, 0.15) is 17.9 Å². The van der Waals surface area contributed by atoms with Crippen LogP contribution in [-0.4, -0.2) is 22.8 Å². The van der Waals surface area contributed by atoms with Crippen molar-refractivity contribution in [1.82, 2.24) is 9.62 Å². The molecule has 0 radical (unpaired) electrons. The molecule has 1 fully saturated rings. The summed E-state index contributed by atoms with van der Waals surface area (Å²) in [5, 5.41) is 4.83. The Hall–Kier alpha value is -3.43. The fourth-order valence-electron chi connectivity index (χ4n) is 4.27. The number of alkyl halides is 3. The number of halogens is 3. The second kappa shape index (κ2) is 10.9. The summed E-state index contributed by atoms with van der Waals surface area (Å²) in [6, 6.07) is 21.8. The summed E-state index contributed by atoms with van der Waals surface area (Å²) in [6.07, 6.45) is -2.67. The highest BCUT2D eigenvalue weighted by Gasteiger charge is 2.32. The van der Waals surface area contributed by atoms with Crippen LogP contribution in [0.3, 0.4) is 0 Å². The van der Waals surface area contributed by atoms with Crippen LogP contribution in [0.2, 0.25) is 0 Å². The molecule has 5 rings (SSSR count). The average Bonchev–Trinajstić information content (AvgIpc) is 3.53. The number of nitrogens with one attached hydrogen (secondary N) is 1. The number of hydrogen-bond acceptors (Lipinski definition) is 5. The lowest BCUT2D eigenvalue weighted by atomic mass is 10.1. The van der Waals surface area contributed by atoms with Gasteiger partial charge in [0.25, 0.3) is 0 Å². The highest BCUT2D eigenvalue weighted by Crippen LogP contribution is 2.34. The number of carbonyl (C=O) groups excluding carboxylic acids is 1. The van der Waals surface area contributed by atoms with E-state index < -0.39 is 11.7 Å². The number of ether oxygens (including phenoxy) is 1. The zero-order valence-electron chi connectivity index (χ0n) is 19.8. The molecule has 0 spiro atoms. The maximum atomic E-state index is 13.0. The van der Waals surface area contributed by atoms with Crippen molar-refractivity contribution in [3.63, 3.8) is 0 Å². The van der Waals surface area contributed by atoms with Gasteiger partial charge in [-0.3, -0.25) is 4.79 Å². The summed E-state index contributed by atoms with van der Waals surface area (Å²) in [7, 11) is 0. The average molecular weight is 527 g/mol. The van der Waals surface area contributed by atoms with Crippen LogP contribution in [0.5, 0.6) is 5.75 Å². The van der Waals surface area contributed by atoms with Gasteiger partial charge in [-0.05, 0) is 72.3 Å². The van der Waals surface area contributed by atoms with E-state index in [9.17, 15) is 18.0 Å². The van der Waals surface area contributed by atoms with Crippen LogP contribution < -0.4 is 10.1 Å². The Kier molecular flexibility index (Phi) is 7.43. The standard InChI is InChI=1S/C28H25F3N2O3S/c29-28(30,31)22-10-12-23(13-11-22)35-18-20-6-3-5-19(15-20)17-32-27(34)24-8-4-14-33(24)37-26-16-21-7-1-2-9-25(21)36-26/h1-3,5-7,9-13,15-16,24H,4,8,14,17-18H2,(H,32,34). The maximum Gasteiger partial charge on any atom is 0.416 e. The lowest BCUT2D eigenvalue weighted by molar-refractivity contribution is -0.137. The molecule has 1 aliphatic heterocycles. The van der Waals surface area contributed by atoms with Crippen LogP contribution in [0.25, 0.3) is 11.0 Å². The summed E-state index contributed by atoms with van der Waals surface area (Å²) >= 11 is 1.47. The minimum atomic E-state index is -4.38. The van der Waals surface area contributed by atoms with Crippen LogP contribution in [0.15, 0.2) is 88.4 Å². The van der Waals surface area contributed by atoms with Crippen molar-refractivity contribution in [2.75, 3.05) is 6.54 Å². The van der Waals surface area contributed by atoms with E-state index in [4.69, 9.17) is 9.15 Å². The molecule has 0 saturated carbocycles. The normalized spacial score (nSPS) is 16.2. The minimum Gasteiger partial charge on any atom is -0.489 e. The van der Waals surface area contributed by atoms with E-state index in [0.717, 1.165) is 58.7 Å². The fraction of sp³-hybridized carbons (Fsp3) is 0.250. The van der Waals surface area contributed by atoms with Crippen LogP contribution in [0.1, 0.15) is 29.5 Å². The Balaban J connectivity index is 1.14. The number of benzene rings is 3. The number of rotatable bonds is 8. The third kappa shape index (κ3) is 6.29. The topological polar surface area (TPSA) is 54.7 Å². The molecule has 1 saturated heterocycles. The Morgan fingerprint density at radius 3 is 2.59 bits per heavy atom. The van der Waals surface area contributed by atoms with Crippen molar-refractivity contribution < 1.29 is 27.1 Å². The van der Waals surface area contributed by atoms with E-state index in [1.807, 2.05) is 54.6 Å². The molecule has 1 atom stereocenters. The summed E-state index contributed by atoms with van der Waals surface area (Å²) in [5.74, 6) is 0.322. The summed E-state index contributed by atoms with van der Waals surface area (Å²) < 4.78 is 51.8. The maximum absolute atomic E-state index is 13.0. The van der Waals surface area contributed by atoms with Gasteiger partial charge in [0.15, 0.2) is 5.09 Å². The van der Waals surface area contributed by atoms with Crippen LogP contribution in [0.4, 0.5) is 13.2 Å². The molecule has 1 aromatic heterocycles. The number of nitrogens with zero attached hydrogens (tertiary/aromatic N) is 1. The van der Waals surface area contributed by atoms with Crippen LogP contribution >= 0.6 is 11.9 Å². The van der Waals surface area contributed by atoms with Gasteiger partial charge < -0.3 is 14.5 Å². The summed E-state index contributed by atoms with van der Waals surface area (Å²) in [6.45, 7) is 1.38. The van der Waals surface area contributed by atoms with Gasteiger partial charge in [-0.25, -0.2) is 4.31 Å². The van der Waals surface area contributed by atoms with Crippen LogP contribution in [0, 0.1) is 0 Å². The lowest BCUT2D eigenvalue weighted by Gasteiger charge is -2.21. The van der Waals surface area contributed by atoms with E-state index >= 15 is 0 Å². The van der Waals surface area contributed by atoms with E-state index in [0.29, 0.717) is 12.3 Å². The number of furan rings is 1. The highest BCUT2D eigenvalue weighted by molar-refractivity contribution is 7.97. The molecule has 192 valence electrons. The fourth-order valence-corrected chi connectivity index (χ4v) is 5.36. The van der Waals surface area contributed by atoms with Crippen molar-refractivity contribution in [3.8, 4) is 5.75 Å². The third-order valence-electron chi connectivity index (χ3n) is 6.16. The first kappa shape index (κ1) is 25.2. The molecule has 0 bridgehead atoms. The van der Waals surface area contributed by atoms with Crippen molar-refractivity contribution in [1.29, 1.82) is 0 Å². The van der Waals surface area contributed by atoms with Gasteiger partial charge in [-0.15, -0.1) is 0 Å². The first-order valence-corrected chi connectivity index (χ1v) is 12.7. The quantitative estimate of drug-likeness (QED) is 0.256. The largest absolute Gasteiger partial charge is 0.489 e. The molecule has 2 heterocycles. The number of fused-ring (bicyclic) bond motifs is 1. The number of amides is 1. The van der Waals surface area contributed by atoms with E-state index in [2.05, 4.69) is 9.62 Å². The second-order valence-electron chi connectivity index (χ2n) is 8.84. The van der Waals surface area contributed by atoms with E-state index in [1.165, 1.54) is 24.1 Å². The number of para-hydroxylation sites is 1. The molecule has 1 unspecified atom stereocenters. The Bertz CT molecular complexity index is 1340. The molecule has 37 heavy (non-hydrogen) atoms. The van der Waals surface area contributed by atoms with Crippen molar-refractivity contribution in [2.45, 2.75) is 43.3 Å². The van der Waals surface area contributed by atoms with Crippen molar-refractivity contribution >= 4 is 28.8 Å². The first-order chi connectivity index (χ1) is 17.8. The smallest absolute Gasteiger partial charge is 0.416 e. The zero-order chi connectivity index (χ0) is 25.8. The predicted molar refractivity (Wildman–Crippen MR) is 136 cm³/mol. The van der Waals surface area contributed by atoms with Gasteiger partial charge in [-0.1, -0.05) is 42.5 Å². The van der Waals surface area contributed by atoms with E-state index in [1.54, 1.807) is 0 Å². The summed E-state index contributed by atoms with van der Waals surface area (Å²) in [5.41, 5.74) is 1.88. The summed E-state index contributed by atoms with van der Waals surface area (Å²) in [4.78, 5) is 13.0. The predicted octanol–water partition coefficient (Wildman–Crippen LogP) is 6.82. The molecule has 9 heteroatoms. The van der Waals surface area contributed by atoms with Gasteiger partial charge in [0.2, 0.25) is 5.91 Å². The number of hydrogen-bond donors (Lipinski definition) is 1. The molecule has 5 nitrogen and oxygen atoms in total. The molecule has 0 aliphatic carbocycles. The van der Waals surface area contributed by atoms with Gasteiger partial charge in [0, 0.05) is 18.5 Å². The Morgan fingerprint density at radius 2 is 1.81 bits per heavy atom. The number of carbonyl (C=O) groups is 1. The van der Waals surface area contributed by atoms with Crippen LogP contribution in [-0.2, 0) is 24.1 Å². The van der Waals surface area contributed by atoms with Gasteiger partial charge >= 0.3 is 6.18 Å². The molecular weight excluding hydrogens is 501 g/mol. The molecule has 3 aromatic carbocycles.